The number of aromatic hydroxyl groups is 1. The summed E-state index contributed by atoms with van der Waals surface area (Å²) in [5.41, 5.74) is 8.65. The molecule has 4 aliphatic rings. The van der Waals surface area contributed by atoms with E-state index >= 15 is 0 Å². The first-order chi connectivity index (χ1) is 67.2. The number of aryl methyl sites for hydroxylation is 2. The molecule has 4 unspecified atom stereocenters. The van der Waals surface area contributed by atoms with E-state index in [1.165, 1.54) is 79.6 Å². The predicted octanol–water partition coefficient (Wildman–Crippen LogP) is 11.7. The van der Waals surface area contributed by atoms with Gasteiger partial charge in [0.25, 0.3) is 23.6 Å². The van der Waals surface area contributed by atoms with Crippen LogP contribution in [0.15, 0.2) is 228 Å². The number of carbonyl (C=O) groups is 8. The third-order valence-electron chi connectivity index (χ3n) is 22.7. The first-order valence-electron chi connectivity index (χ1n) is 44.5. The molecule has 4 aromatic carbocycles. The zero-order valence-electron chi connectivity index (χ0n) is 81.8. The van der Waals surface area contributed by atoms with E-state index in [0.29, 0.717) is 120 Å². The number of benzene rings is 4. The van der Waals surface area contributed by atoms with Crippen LogP contribution in [0.3, 0.4) is 0 Å². The van der Waals surface area contributed by atoms with Crippen molar-refractivity contribution in [2.75, 3.05) is 59.5 Å². The number of aliphatic hydroxyl groups excluding tert-OH is 2. The standard InChI is InChI=1S/C24H24FN3O3.C24H22FN3O3.C22H17BrFN3O3.C17H15FN2O3.C6H15B.C5H3BrClN.C2H2FO3.CH4O.CH4.B.2K.Na.H/c2*1-2-16-4-3-10-26-23(16)31-20-6-7-21(18(12-20)15-29)17-9-11-28(14-17)24(30)22-8-5-19(25)13-27-22;23-19-2-1-8-25-21(19)30-17-4-5-18(15(10-17)13-28)14-7-9-27(12-14)22(29)20-6-3-16(24)11-26-20;18-13-1-4-16(19-8-13)17(23)20-6-5-11(9-20)15-3-2-14(22)7-12(15)10-21;1-4-7(5-2)6-3;6-4-2-1-3-8-5(4)7;3-1-5-6-2-4;1-2;;;;;;/h3-8,10,12-13,17,29H,2,9,11,14-15H2,1H3;3-8,10,12-13,15,17H,2,9,11,14H2,1H3;1-6,8,10-11,13-14H,7,9,12H2;1-4,7-8,10-11,22H,5-6,9H2;4-6H2,1-3H3;1-3H;1-2H;2H,1H3;1H4;;;;;/q;;;;;;-1;;;;3*+1;-1/i;;;;;;2D;;;;;;;. The maximum absolute atomic E-state index is 13.1. The summed E-state index contributed by atoms with van der Waals surface area (Å²) in [6.07, 6.45) is 20.3. The molecular formula is C102H107B2Br2ClF5K2N12NaO16+. The Labute approximate surface area is 962 Å². The fraction of sp³-hybridized carbons (Fsp3) is 0.284. The molecule has 28 nitrogen and oxygen atoms in total. The number of likely N-dealkylation sites (tertiary alicyclic amines) is 4. The Morgan fingerprint density at radius 3 is 1.08 bits per heavy atom. The van der Waals surface area contributed by atoms with E-state index in [4.69, 9.17) is 32.3 Å². The molecule has 0 bridgehead atoms. The average molecular weight is 2170 g/mol. The van der Waals surface area contributed by atoms with Crippen molar-refractivity contribution in [3.05, 3.63) is 342 Å². The van der Waals surface area contributed by atoms with E-state index in [0.717, 1.165) is 133 Å². The zero-order chi connectivity index (χ0) is 100. The number of phenolic OH excluding ortho intramolecular Hbond substituents is 1. The summed E-state index contributed by atoms with van der Waals surface area (Å²) in [6.45, 7) is 15.5. The topological polar surface area (TPSA) is 359 Å². The minimum absolute atomic E-state index is 0. The third-order valence-corrected chi connectivity index (χ3v) is 24.5. The fourth-order valence-corrected chi connectivity index (χ4v) is 16.2. The number of nitrogens with zero attached hydrogens (tertiary/aromatic N) is 12. The molecule has 4 saturated heterocycles. The molecule has 12 aromatic rings. The number of hydrogen-bond donors (Lipinski definition) is 3. The van der Waals surface area contributed by atoms with Crippen LogP contribution in [0.25, 0.3) is 0 Å². The number of ether oxygens (including phenoxy) is 3. The number of hydrogen-bond acceptors (Lipinski definition) is 24. The van der Waals surface area contributed by atoms with Crippen LogP contribution in [-0.2, 0) is 34.0 Å². The minimum atomic E-state index is -1.44. The number of phenols is 1. The van der Waals surface area contributed by atoms with Crippen molar-refractivity contribution in [1.82, 2.24) is 59.5 Å². The zero-order valence-corrected chi connectivity index (χ0v) is 92.0. The van der Waals surface area contributed by atoms with Gasteiger partial charge in [0, 0.05) is 144 Å². The number of carbonyl (C=O) groups excluding carboxylic acids is 8. The average Bonchev–Trinajstić information content (AvgIpc) is 1.54. The predicted molar refractivity (Wildman–Crippen MR) is 528 cm³/mol. The van der Waals surface area contributed by atoms with Crippen molar-refractivity contribution in [1.29, 1.82) is 0 Å². The Morgan fingerprint density at radius 2 is 0.790 bits per heavy atom. The van der Waals surface area contributed by atoms with Gasteiger partial charge in [-0.05, 0) is 239 Å². The molecule has 16 rings (SSSR count). The van der Waals surface area contributed by atoms with Gasteiger partial charge >= 0.3 is 139 Å². The first kappa shape index (κ1) is 124. The molecule has 3 radical (unpaired) electrons. The molecule has 4 aliphatic heterocycles. The molecule has 143 heavy (non-hydrogen) atoms. The number of aliphatic hydroxyl groups is 2. The molecule has 12 heterocycles. The summed E-state index contributed by atoms with van der Waals surface area (Å²) in [5.74, 6) is 0.498. The van der Waals surface area contributed by atoms with Gasteiger partial charge in [-0.3, -0.25) is 38.4 Å². The summed E-state index contributed by atoms with van der Waals surface area (Å²) in [7, 11) is 1.00. The molecule has 4 amide bonds. The van der Waals surface area contributed by atoms with Gasteiger partial charge in [-0.15, -0.1) is 0 Å². The maximum atomic E-state index is 13.1. The van der Waals surface area contributed by atoms with Crippen molar-refractivity contribution >= 4 is 108 Å². The molecule has 3 N–H and O–H groups in total. The number of pyridine rings is 8. The summed E-state index contributed by atoms with van der Waals surface area (Å²) >= 11 is 12.1. The van der Waals surface area contributed by atoms with Crippen molar-refractivity contribution in [2.24, 2.45) is 0 Å². The first-order valence-corrected chi connectivity index (χ1v) is 46.0. The second-order valence-corrected chi connectivity index (χ2v) is 33.2. The molecule has 4 fully saturated rings. The van der Waals surface area contributed by atoms with E-state index in [1.54, 1.807) is 74.7 Å². The van der Waals surface area contributed by atoms with Crippen molar-refractivity contribution in [3.8, 4) is 40.6 Å². The Bertz CT molecular complexity index is 6080. The van der Waals surface area contributed by atoms with E-state index in [-0.39, 0.29) is 239 Å². The summed E-state index contributed by atoms with van der Waals surface area (Å²) < 4.78 is 87.8. The number of aldehydes is 3. The SMILES string of the molecule is C.CCB(CC)CC.CCc1cccnc1Oc1ccc(C2CCN(C(=O)c3ccc(F)cn3)C2)c(C=O)c1.CCc1cccnc1Oc1ccc(C2CCN(C(=O)c3ccc(F)cn3)C2)c(CO)c1.CO.Clc1ncccc1Br.O=Cc1cc(O)ccc1C1CCN(C(=O)c2ccc(F)cn2)C1.O=Cc1cc(Oc2ncccc2Br)ccc1C1CCN(C(=O)c2ccc(F)cn2)C1.[2H]C(=O)OO[CH-]F.[B].[H-].[K+].[K+].[Na+]. The minimum Gasteiger partial charge on any atom is -1.00 e. The molecule has 41 heteroatoms. The molecule has 0 spiro atoms. The van der Waals surface area contributed by atoms with Gasteiger partial charge in [0.1, 0.15) is 99.8 Å². The van der Waals surface area contributed by atoms with Crippen molar-refractivity contribution in [2.45, 2.75) is 130 Å². The molecule has 8 aromatic heterocycles. The summed E-state index contributed by atoms with van der Waals surface area (Å²) in [4.78, 5) is 140. The van der Waals surface area contributed by atoms with Gasteiger partial charge in [-0.2, -0.15) is 0 Å². The van der Waals surface area contributed by atoms with Gasteiger partial charge < -0.3 is 64.7 Å². The van der Waals surface area contributed by atoms with Crippen LogP contribution in [0.4, 0.5) is 22.0 Å². The van der Waals surface area contributed by atoms with E-state index in [1.807, 2.05) is 92.7 Å². The van der Waals surface area contributed by atoms with Gasteiger partial charge in [-0.25, -0.2) is 57.4 Å². The van der Waals surface area contributed by atoms with Crippen LogP contribution in [0.5, 0.6) is 40.6 Å². The Hall–Kier alpha value is -9.18. The van der Waals surface area contributed by atoms with Crippen LogP contribution in [-0.4, -0.2) is 198 Å². The smallest absolute Gasteiger partial charge is 1.00 e. The monoisotopic (exact) mass is 2170 g/mol. The summed E-state index contributed by atoms with van der Waals surface area (Å²) in [6, 6.07) is 46.4. The van der Waals surface area contributed by atoms with Crippen molar-refractivity contribution < 1.29 is 235 Å². The van der Waals surface area contributed by atoms with E-state index < -0.39 is 29.7 Å². The molecule has 0 aliphatic carbocycles. The van der Waals surface area contributed by atoms with Gasteiger partial charge in [0.15, 0.2) is 1.37 Å². The third kappa shape index (κ3) is 38.2. The quantitative estimate of drug-likeness (QED) is 0.00910. The molecule has 735 valence electrons. The number of amides is 4. The van der Waals surface area contributed by atoms with Crippen molar-refractivity contribution in [3.63, 3.8) is 0 Å². The maximum Gasteiger partial charge on any atom is 1.00 e. The largest absolute Gasteiger partial charge is 1.00 e. The second-order valence-electron chi connectivity index (χ2n) is 31.1. The number of aromatic nitrogens is 8. The summed E-state index contributed by atoms with van der Waals surface area (Å²) in [5, 5.41) is 26.9. The van der Waals surface area contributed by atoms with Crippen LogP contribution < -0.4 is 147 Å². The van der Waals surface area contributed by atoms with Gasteiger partial charge in [-0.1, -0.05) is 109 Å². The Balaban J connectivity index is 0.000000456. The normalized spacial score (nSPS) is 14.3. The van der Waals surface area contributed by atoms with E-state index in [2.05, 4.69) is 102 Å². The second kappa shape index (κ2) is 66.8. The van der Waals surface area contributed by atoms with Gasteiger partial charge in [0.05, 0.1) is 40.3 Å². The van der Waals surface area contributed by atoms with E-state index in [9.17, 15) is 70.5 Å². The van der Waals surface area contributed by atoms with Crippen LogP contribution in [0, 0.1) is 30.1 Å². The number of halogens is 8. The number of rotatable bonds is 25. The van der Waals surface area contributed by atoms with Crippen LogP contribution in [0.2, 0.25) is 24.1 Å². The Morgan fingerprint density at radius 1 is 0.469 bits per heavy atom. The van der Waals surface area contributed by atoms with Gasteiger partial charge in [0.2, 0.25) is 17.6 Å². The fourth-order valence-electron chi connectivity index (χ4n) is 15.5. The molecule has 0 saturated carbocycles. The molecular weight excluding hydrogens is 2060 g/mol. The molecule has 4 atom stereocenters. The van der Waals surface area contributed by atoms with Crippen LogP contribution >= 0.6 is 43.5 Å². The Kier molecular flexibility index (Phi) is 58.1. The van der Waals surface area contributed by atoms with Crippen LogP contribution in [0.1, 0.15) is 206 Å².